The molecule has 0 aliphatic carbocycles. The number of carbonyl (C=O) groups excluding carboxylic acids is 2. The SMILES string of the molecule is O=C(NCc1cccs1)c1ccc(NC(=O)c2ccco2)cc1. The van der Waals surface area contributed by atoms with E-state index in [4.69, 9.17) is 4.42 Å². The lowest BCUT2D eigenvalue weighted by molar-refractivity contribution is 0.0950. The van der Waals surface area contributed by atoms with Crippen molar-refractivity contribution in [3.63, 3.8) is 0 Å². The van der Waals surface area contributed by atoms with Crippen LogP contribution in [0.3, 0.4) is 0 Å². The van der Waals surface area contributed by atoms with Crippen LogP contribution >= 0.6 is 11.3 Å². The molecule has 2 N–H and O–H groups in total. The van der Waals surface area contributed by atoms with E-state index in [1.54, 1.807) is 47.7 Å². The molecule has 3 rings (SSSR count). The van der Waals surface area contributed by atoms with E-state index in [-0.39, 0.29) is 17.6 Å². The second-order valence-corrected chi connectivity index (χ2v) is 5.80. The number of nitrogens with one attached hydrogen (secondary N) is 2. The summed E-state index contributed by atoms with van der Waals surface area (Å²) in [7, 11) is 0. The molecule has 3 aromatic rings. The van der Waals surface area contributed by atoms with Crippen LogP contribution in [0.15, 0.2) is 64.6 Å². The summed E-state index contributed by atoms with van der Waals surface area (Å²) in [5.41, 5.74) is 1.14. The third-order valence-electron chi connectivity index (χ3n) is 3.15. The molecule has 6 heteroatoms. The first kappa shape index (κ1) is 15.1. The van der Waals surface area contributed by atoms with Crippen molar-refractivity contribution in [3.8, 4) is 0 Å². The van der Waals surface area contributed by atoms with Crippen molar-refractivity contribution in [1.29, 1.82) is 0 Å². The Kier molecular flexibility index (Phi) is 4.54. The van der Waals surface area contributed by atoms with E-state index in [0.29, 0.717) is 17.8 Å². The average Bonchev–Trinajstić information content (AvgIpc) is 3.26. The molecule has 23 heavy (non-hydrogen) atoms. The van der Waals surface area contributed by atoms with Crippen LogP contribution in [-0.2, 0) is 6.54 Å². The molecule has 2 aromatic heterocycles. The normalized spacial score (nSPS) is 10.3. The summed E-state index contributed by atoms with van der Waals surface area (Å²) in [5.74, 6) is -0.241. The Hall–Kier alpha value is -2.86. The number of hydrogen-bond acceptors (Lipinski definition) is 4. The molecular weight excluding hydrogens is 312 g/mol. The lowest BCUT2D eigenvalue weighted by Gasteiger charge is -2.06. The maximum Gasteiger partial charge on any atom is 0.291 e. The third kappa shape index (κ3) is 3.87. The zero-order valence-corrected chi connectivity index (χ0v) is 12.9. The molecule has 5 nitrogen and oxygen atoms in total. The fourth-order valence-corrected chi connectivity index (χ4v) is 2.63. The van der Waals surface area contributed by atoms with Crippen molar-refractivity contribution in [1.82, 2.24) is 5.32 Å². The number of furan rings is 1. The van der Waals surface area contributed by atoms with Crippen molar-refractivity contribution in [2.45, 2.75) is 6.54 Å². The van der Waals surface area contributed by atoms with Gasteiger partial charge in [-0.1, -0.05) is 6.07 Å². The van der Waals surface area contributed by atoms with Gasteiger partial charge in [0.2, 0.25) is 0 Å². The van der Waals surface area contributed by atoms with Gasteiger partial charge in [0.15, 0.2) is 5.76 Å². The molecule has 0 aliphatic heterocycles. The van der Waals surface area contributed by atoms with Crippen LogP contribution in [0.2, 0.25) is 0 Å². The Morgan fingerprint density at radius 3 is 2.48 bits per heavy atom. The summed E-state index contributed by atoms with van der Waals surface area (Å²) >= 11 is 1.60. The monoisotopic (exact) mass is 326 g/mol. The van der Waals surface area contributed by atoms with Crippen molar-refractivity contribution in [3.05, 3.63) is 76.4 Å². The maximum absolute atomic E-state index is 12.1. The van der Waals surface area contributed by atoms with E-state index in [0.717, 1.165) is 4.88 Å². The van der Waals surface area contributed by atoms with E-state index < -0.39 is 0 Å². The molecule has 1 aromatic carbocycles. The van der Waals surface area contributed by atoms with Crippen LogP contribution in [0, 0.1) is 0 Å². The van der Waals surface area contributed by atoms with E-state index in [2.05, 4.69) is 10.6 Å². The van der Waals surface area contributed by atoms with Crippen LogP contribution in [-0.4, -0.2) is 11.8 Å². The largest absolute Gasteiger partial charge is 0.459 e. The molecule has 116 valence electrons. The van der Waals surface area contributed by atoms with Crippen molar-refractivity contribution >= 4 is 28.8 Å². The summed E-state index contributed by atoms with van der Waals surface area (Å²) in [5, 5.41) is 7.53. The summed E-state index contributed by atoms with van der Waals surface area (Å²) in [6.45, 7) is 0.507. The maximum atomic E-state index is 12.1. The van der Waals surface area contributed by atoms with Gasteiger partial charge in [-0.25, -0.2) is 0 Å². The highest BCUT2D eigenvalue weighted by molar-refractivity contribution is 7.09. The minimum Gasteiger partial charge on any atom is -0.459 e. The molecular formula is C17H14N2O3S. The quantitative estimate of drug-likeness (QED) is 0.753. The summed E-state index contributed by atoms with van der Waals surface area (Å²) in [4.78, 5) is 25.0. The molecule has 0 radical (unpaired) electrons. The summed E-state index contributed by atoms with van der Waals surface area (Å²) < 4.78 is 5.02. The van der Waals surface area contributed by atoms with Gasteiger partial charge in [-0.2, -0.15) is 0 Å². The van der Waals surface area contributed by atoms with Crippen LogP contribution in [0.5, 0.6) is 0 Å². The van der Waals surface area contributed by atoms with E-state index in [9.17, 15) is 9.59 Å². The Labute approximate surface area is 136 Å². The van der Waals surface area contributed by atoms with Gasteiger partial charge in [-0.15, -0.1) is 11.3 Å². The first-order valence-corrected chi connectivity index (χ1v) is 7.86. The zero-order chi connectivity index (χ0) is 16.1. The van der Waals surface area contributed by atoms with Crippen LogP contribution < -0.4 is 10.6 Å². The highest BCUT2D eigenvalue weighted by atomic mass is 32.1. The number of thiophene rings is 1. The Morgan fingerprint density at radius 1 is 1.00 bits per heavy atom. The summed E-state index contributed by atoms with van der Waals surface area (Å²) in [6, 6.07) is 13.9. The fraction of sp³-hybridized carbons (Fsp3) is 0.0588. The fourth-order valence-electron chi connectivity index (χ4n) is 1.99. The van der Waals surface area contributed by atoms with Gasteiger partial charge in [0.1, 0.15) is 0 Å². The number of carbonyl (C=O) groups is 2. The zero-order valence-electron chi connectivity index (χ0n) is 12.1. The molecule has 0 saturated heterocycles. The van der Waals surface area contributed by atoms with Gasteiger partial charge in [0.25, 0.3) is 11.8 Å². The smallest absolute Gasteiger partial charge is 0.291 e. The van der Waals surface area contributed by atoms with E-state index in [1.165, 1.54) is 6.26 Å². The lowest BCUT2D eigenvalue weighted by Crippen LogP contribution is -2.22. The minimum absolute atomic E-state index is 0.151. The second-order valence-electron chi connectivity index (χ2n) is 4.77. The highest BCUT2D eigenvalue weighted by Gasteiger charge is 2.10. The molecule has 0 bridgehead atoms. The van der Waals surface area contributed by atoms with Gasteiger partial charge >= 0.3 is 0 Å². The minimum atomic E-state index is -0.329. The Bertz CT molecular complexity index is 778. The van der Waals surface area contributed by atoms with Crippen LogP contribution in [0.25, 0.3) is 0 Å². The predicted octanol–water partition coefficient (Wildman–Crippen LogP) is 3.52. The summed E-state index contributed by atoms with van der Waals surface area (Å²) in [6.07, 6.45) is 1.44. The predicted molar refractivity (Wildman–Crippen MR) is 88.6 cm³/mol. The van der Waals surface area contributed by atoms with E-state index in [1.807, 2.05) is 17.5 Å². The topological polar surface area (TPSA) is 71.3 Å². The molecule has 0 unspecified atom stereocenters. The lowest BCUT2D eigenvalue weighted by atomic mass is 10.2. The number of rotatable bonds is 5. The van der Waals surface area contributed by atoms with Crippen LogP contribution in [0.1, 0.15) is 25.8 Å². The second kappa shape index (κ2) is 6.93. The highest BCUT2D eigenvalue weighted by Crippen LogP contribution is 2.13. The van der Waals surface area contributed by atoms with Crippen LogP contribution in [0.4, 0.5) is 5.69 Å². The number of amides is 2. The average molecular weight is 326 g/mol. The van der Waals surface area contributed by atoms with Gasteiger partial charge in [-0.3, -0.25) is 9.59 Å². The molecule has 0 saturated carbocycles. The molecule has 0 spiro atoms. The standard InChI is InChI=1S/C17H14N2O3S/c20-16(18-11-14-3-2-10-23-14)12-5-7-13(8-6-12)19-17(21)15-4-1-9-22-15/h1-10H,11H2,(H,18,20)(H,19,21). The van der Waals surface area contributed by atoms with Crippen molar-refractivity contribution < 1.29 is 14.0 Å². The van der Waals surface area contributed by atoms with Gasteiger partial charge in [0, 0.05) is 16.1 Å². The molecule has 0 fully saturated rings. The van der Waals surface area contributed by atoms with Gasteiger partial charge < -0.3 is 15.1 Å². The Balaban J connectivity index is 1.58. The number of benzene rings is 1. The molecule has 0 aliphatic rings. The van der Waals surface area contributed by atoms with Crippen molar-refractivity contribution in [2.24, 2.45) is 0 Å². The number of hydrogen-bond donors (Lipinski definition) is 2. The molecule has 2 heterocycles. The number of anilines is 1. The van der Waals surface area contributed by atoms with Gasteiger partial charge in [-0.05, 0) is 47.8 Å². The molecule has 2 amide bonds. The third-order valence-corrected chi connectivity index (χ3v) is 4.03. The Morgan fingerprint density at radius 2 is 1.83 bits per heavy atom. The van der Waals surface area contributed by atoms with Gasteiger partial charge in [0.05, 0.1) is 12.8 Å². The first-order valence-electron chi connectivity index (χ1n) is 6.98. The first-order chi connectivity index (χ1) is 11.2. The van der Waals surface area contributed by atoms with E-state index >= 15 is 0 Å². The van der Waals surface area contributed by atoms with Crippen molar-refractivity contribution in [2.75, 3.05) is 5.32 Å². The molecule has 0 atom stereocenters.